The summed E-state index contributed by atoms with van der Waals surface area (Å²) in [5.41, 5.74) is 6.77. The molecular weight excluding hydrogens is 335 g/mol. The maximum Gasteiger partial charge on any atom is 0.242 e. The Hall–Kier alpha value is -0.810. The Balaban J connectivity index is 0.00000192. The van der Waals surface area contributed by atoms with Crippen molar-refractivity contribution >= 4 is 29.9 Å². The van der Waals surface area contributed by atoms with Crippen molar-refractivity contribution in [3.05, 3.63) is 34.9 Å². The Kier molecular flexibility index (Phi) is 6.32. The van der Waals surface area contributed by atoms with Gasteiger partial charge >= 0.3 is 0 Å². The number of morpholine rings is 1. The summed E-state index contributed by atoms with van der Waals surface area (Å²) < 4.78 is 5.83. The number of rotatable bonds is 2. The van der Waals surface area contributed by atoms with Gasteiger partial charge in [0.05, 0.1) is 18.7 Å². The summed E-state index contributed by atoms with van der Waals surface area (Å²) in [4.78, 5) is 14.7. The highest BCUT2D eigenvalue weighted by Gasteiger charge is 2.40. The van der Waals surface area contributed by atoms with E-state index < -0.39 is 5.54 Å². The number of halogens is 2. The van der Waals surface area contributed by atoms with Crippen LogP contribution < -0.4 is 5.73 Å². The Morgan fingerprint density at radius 3 is 2.52 bits per heavy atom. The Morgan fingerprint density at radius 2 is 1.87 bits per heavy atom. The van der Waals surface area contributed by atoms with Gasteiger partial charge < -0.3 is 15.4 Å². The lowest BCUT2D eigenvalue weighted by Crippen LogP contribution is -2.58. The van der Waals surface area contributed by atoms with E-state index in [4.69, 9.17) is 22.1 Å². The average Bonchev–Trinajstić information content (AvgIpc) is 2.56. The van der Waals surface area contributed by atoms with Crippen LogP contribution in [0, 0.1) is 0 Å². The third-order valence-electron chi connectivity index (χ3n) is 4.77. The summed E-state index contributed by atoms with van der Waals surface area (Å²) in [6.45, 7) is 1.75. The first-order valence-corrected chi connectivity index (χ1v) is 8.42. The van der Waals surface area contributed by atoms with Crippen LogP contribution in [0.5, 0.6) is 0 Å². The van der Waals surface area contributed by atoms with Crippen LogP contribution in [0.25, 0.3) is 0 Å². The van der Waals surface area contributed by atoms with E-state index in [0.717, 1.165) is 31.2 Å². The lowest BCUT2D eigenvalue weighted by atomic mass is 9.81. The third-order valence-corrected chi connectivity index (χ3v) is 5.02. The molecule has 1 aromatic rings. The van der Waals surface area contributed by atoms with E-state index in [-0.39, 0.29) is 24.4 Å². The second-order valence-corrected chi connectivity index (χ2v) is 6.82. The zero-order valence-corrected chi connectivity index (χ0v) is 14.7. The number of nitrogens with zero attached hydrogens (tertiary/aromatic N) is 1. The quantitative estimate of drug-likeness (QED) is 0.881. The number of hydrogen-bond donors (Lipinski definition) is 1. The molecule has 23 heavy (non-hydrogen) atoms. The summed E-state index contributed by atoms with van der Waals surface area (Å²) in [7, 11) is 0. The summed E-state index contributed by atoms with van der Waals surface area (Å²) >= 11 is 5.93. The van der Waals surface area contributed by atoms with Gasteiger partial charge in [-0.3, -0.25) is 4.79 Å². The van der Waals surface area contributed by atoms with Gasteiger partial charge in [-0.1, -0.05) is 43.0 Å². The minimum absolute atomic E-state index is 0. The van der Waals surface area contributed by atoms with Gasteiger partial charge in [0.2, 0.25) is 5.91 Å². The molecule has 0 spiro atoms. The number of ether oxygens (including phenoxy) is 1. The highest BCUT2D eigenvalue weighted by Crippen LogP contribution is 2.30. The van der Waals surface area contributed by atoms with Crippen molar-refractivity contribution < 1.29 is 9.53 Å². The number of carbonyl (C=O) groups excluding carboxylic acids is 1. The Labute approximate surface area is 148 Å². The maximum absolute atomic E-state index is 12.8. The van der Waals surface area contributed by atoms with Gasteiger partial charge in [-0.05, 0) is 30.5 Å². The number of hydrogen-bond acceptors (Lipinski definition) is 3. The monoisotopic (exact) mass is 358 g/mol. The van der Waals surface area contributed by atoms with Gasteiger partial charge in [-0.15, -0.1) is 12.4 Å². The molecular formula is C17H24Cl2N2O2. The van der Waals surface area contributed by atoms with Gasteiger partial charge in [0, 0.05) is 11.6 Å². The SMILES string of the molecule is Cl.NC1(C(=O)N2CCOC(c3ccc(Cl)cc3)C2)CCCCC1. The minimum Gasteiger partial charge on any atom is -0.370 e. The highest BCUT2D eigenvalue weighted by atomic mass is 35.5. The zero-order valence-electron chi connectivity index (χ0n) is 13.2. The second-order valence-electron chi connectivity index (χ2n) is 6.38. The van der Waals surface area contributed by atoms with Crippen molar-refractivity contribution in [1.82, 2.24) is 4.90 Å². The topological polar surface area (TPSA) is 55.6 Å². The largest absolute Gasteiger partial charge is 0.370 e. The first-order valence-electron chi connectivity index (χ1n) is 8.04. The predicted molar refractivity (Wildman–Crippen MR) is 94.0 cm³/mol. The van der Waals surface area contributed by atoms with Crippen molar-refractivity contribution in [2.75, 3.05) is 19.7 Å². The van der Waals surface area contributed by atoms with Gasteiger partial charge in [-0.25, -0.2) is 0 Å². The molecule has 1 aromatic carbocycles. The second kappa shape index (κ2) is 7.84. The van der Waals surface area contributed by atoms with Gasteiger partial charge in [0.1, 0.15) is 6.10 Å². The van der Waals surface area contributed by atoms with E-state index in [1.807, 2.05) is 29.2 Å². The molecule has 0 radical (unpaired) electrons. The van der Waals surface area contributed by atoms with Crippen LogP contribution in [0.4, 0.5) is 0 Å². The van der Waals surface area contributed by atoms with Crippen molar-refractivity contribution in [3.63, 3.8) is 0 Å². The van der Waals surface area contributed by atoms with Crippen LogP contribution in [0.15, 0.2) is 24.3 Å². The lowest BCUT2D eigenvalue weighted by molar-refractivity contribution is -0.146. The molecule has 1 unspecified atom stereocenters. The molecule has 1 aliphatic heterocycles. The fraction of sp³-hybridized carbons (Fsp3) is 0.588. The normalized spacial score (nSPS) is 23.9. The zero-order chi connectivity index (χ0) is 15.6. The van der Waals surface area contributed by atoms with Crippen LogP contribution in [-0.2, 0) is 9.53 Å². The standard InChI is InChI=1S/C17H23ClN2O2.ClH/c18-14-6-4-13(5-7-14)15-12-20(10-11-22-15)16(21)17(19)8-2-1-3-9-17;/h4-7,15H,1-3,8-12,19H2;1H. The fourth-order valence-electron chi connectivity index (χ4n) is 3.42. The highest BCUT2D eigenvalue weighted by molar-refractivity contribution is 6.30. The molecule has 1 aliphatic carbocycles. The predicted octanol–water partition coefficient (Wildman–Crippen LogP) is 3.32. The molecule has 0 bridgehead atoms. The van der Waals surface area contributed by atoms with E-state index in [1.165, 1.54) is 6.42 Å². The number of nitrogens with two attached hydrogens (primary N) is 1. The lowest BCUT2D eigenvalue weighted by Gasteiger charge is -2.40. The van der Waals surface area contributed by atoms with E-state index in [9.17, 15) is 4.79 Å². The van der Waals surface area contributed by atoms with Crippen LogP contribution in [0.3, 0.4) is 0 Å². The minimum atomic E-state index is -0.667. The summed E-state index contributed by atoms with van der Waals surface area (Å²) in [6, 6.07) is 7.62. The van der Waals surface area contributed by atoms with Gasteiger partial charge in [0.15, 0.2) is 0 Å². The molecule has 6 heteroatoms. The first-order chi connectivity index (χ1) is 10.6. The van der Waals surface area contributed by atoms with E-state index in [1.54, 1.807) is 0 Å². The van der Waals surface area contributed by atoms with Gasteiger partial charge in [0.25, 0.3) is 0 Å². The number of carbonyl (C=O) groups is 1. The molecule has 128 valence electrons. The van der Waals surface area contributed by atoms with Crippen LogP contribution in [-0.4, -0.2) is 36.0 Å². The molecule has 1 saturated carbocycles. The molecule has 2 fully saturated rings. The molecule has 3 rings (SSSR count). The fourth-order valence-corrected chi connectivity index (χ4v) is 3.55. The summed E-state index contributed by atoms with van der Waals surface area (Å²) in [5, 5.41) is 0.704. The van der Waals surface area contributed by atoms with Crippen molar-refractivity contribution in [1.29, 1.82) is 0 Å². The van der Waals surface area contributed by atoms with Crippen molar-refractivity contribution in [2.45, 2.75) is 43.7 Å². The molecule has 1 atom stereocenters. The van der Waals surface area contributed by atoms with E-state index >= 15 is 0 Å². The first kappa shape index (κ1) is 18.5. The summed E-state index contributed by atoms with van der Waals surface area (Å²) in [5.74, 6) is 0.0921. The Bertz CT molecular complexity index is 530. The number of benzene rings is 1. The van der Waals surface area contributed by atoms with Crippen LogP contribution in [0.1, 0.15) is 43.8 Å². The Morgan fingerprint density at radius 1 is 1.22 bits per heavy atom. The van der Waals surface area contributed by atoms with Crippen molar-refractivity contribution in [3.8, 4) is 0 Å². The van der Waals surface area contributed by atoms with Crippen molar-refractivity contribution in [2.24, 2.45) is 5.73 Å². The van der Waals surface area contributed by atoms with Crippen LogP contribution >= 0.6 is 24.0 Å². The molecule has 4 nitrogen and oxygen atoms in total. The third kappa shape index (κ3) is 4.18. The smallest absolute Gasteiger partial charge is 0.242 e. The van der Waals surface area contributed by atoms with E-state index in [2.05, 4.69) is 0 Å². The molecule has 2 N–H and O–H groups in total. The summed E-state index contributed by atoms with van der Waals surface area (Å²) in [6.07, 6.45) is 4.79. The molecule has 0 aromatic heterocycles. The van der Waals surface area contributed by atoms with E-state index in [0.29, 0.717) is 24.7 Å². The maximum atomic E-state index is 12.8. The molecule has 1 saturated heterocycles. The average molecular weight is 359 g/mol. The molecule has 1 heterocycles. The molecule has 1 amide bonds. The molecule has 2 aliphatic rings. The van der Waals surface area contributed by atoms with Gasteiger partial charge in [-0.2, -0.15) is 0 Å². The number of amides is 1. The van der Waals surface area contributed by atoms with Crippen LogP contribution in [0.2, 0.25) is 5.02 Å².